The number of hydrogen-bond donors (Lipinski definition) is 1. The Kier molecular flexibility index (Phi) is 4.09. The van der Waals surface area contributed by atoms with Gasteiger partial charge in [-0.1, -0.05) is 24.3 Å². The monoisotopic (exact) mass is 295 g/mol. The standard InChI is InChI=1S/C19H25N3/c1-4-16-6-2-11-21-19(16)17(5-1)14-22-12-8-15(9-13-22)18-7-3-10-20-18/h1-2,4-6,11,15,18,20H,3,7-10,12-14H2. The number of aromatic nitrogens is 1. The topological polar surface area (TPSA) is 28.2 Å². The Labute approximate surface area is 132 Å². The average molecular weight is 295 g/mol. The van der Waals surface area contributed by atoms with Gasteiger partial charge in [0.05, 0.1) is 5.52 Å². The summed E-state index contributed by atoms with van der Waals surface area (Å²) in [7, 11) is 0. The van der Waals surface area contributed by atoms with Crippen molar-refractivity contribution in [1.82, 2.24) is 15.2 Å². The van der Waals surface area contributed by atoms with E-state index in [2.05, 4.69) is 39.5 Å². The van der Waals surface area contributed by atoms with Crippen LogP contribution in [0.25, 0.3) is 10.9 Å². The second kappa shape index (κ2) is 6.35. The molecule has 4 rings (SSSR count). The Balaban J connectivity index is 1.41. The van der Waals surface area contributed by atoms with Gasteiger partial charge in [0.15, 0.2) is 0 Å². The van der Waals surface area contributed by atoms with Crippen molar-refractivity contribution in [1.29, 1.82) is 0 Å². The van der Waals surface area contributed by atoms with Gasteiger partial charge in [-0.3, -0.25) is 9.88 Å². The first-order valence-corrected chi connectivity index (χ1v) is 8.68. The van der Waals surface area contributed by atoms with Gasteiger partial charge in [-0.15, -0.1) is 0 Å². The molecule has 3 nitrogen and oxygen atoms in total. The van der Waals surface area contributed by atoms with Crippen molar-refractivity contribution in [2.45, 2.75) is 38.3 Å². The Hall–Kier alpha value is -1.45. The predicted molar refractivity (Wildman–Crippen MR) is 90.8 cm³/mol. The quantitative estimate of drug-likeness (QED) is 0.942. The summed E-state index contributed by atoms with van der Waals surface area (Å²) in [5.74, 6) is 0.893. The van der Waals surface area contributed by atoms with Gasteiger partial charge >= 0.3 is 0 Å². The van der Waals surface area contributed by atoms with Gasteiger partial charge in [0.25, 0.3) is 0 Å². The van der Waals surface area contributed by atoms with Gasteiger partial charge in [-0.2, -0.15) is 0 Å². The molecule has 3 heteroatoms. The molecule has 1 atom stereocenters. The lowest BCUT2D eigenvalue weighted by Crippen LogP contribution is -2.40. The van der Waals surface area contributed by atoms with E-state index in [1.54, 1.807) is 0 Å². The molecule has 0 radical (unpaired) electrons. The van der Waals surface area contributed by atoms with Crippen LogP contribution in [0, 0.1) is 5.92 Å². The van der Waals surface area contributed by atoms with Crippen LogP contribution in [0.2, 0.25) is 0 Å². The number of nitrogens with zero attached hydrogens (tertiary/aromatic N) is 2. The summed E-state index contributed by atoms with van der Waals surface area (Å²) in [6.45, 7) is 4.73. The third-order valence-corrected chi connectivity index (χ3v) is 5.41. The molecule has 1 N–H and O–H groups in total. The van der Waals surface area contributed by atoms with Crippen molar-refractivity contribution in [3.05, 3.63) is 42.1 Å². The van der Waals surface area contributed by atoms with E-state index in [4.69, 9.17) is 0 Å². The Morgan fingerprint density at radius 1 is 1.09 bits per heavy atom. The number of piperidine rings is 1. The first-order chi connectivity index (χ1) is 10.9. The molecular formula is C19H25N3. The van der Waals surface area contributed by atoms with Crippen molar-refractivity contribution < 1.29 is 0 Å². The lowest BCUT2D eigenvalue weighted by atomic mass is 9.88. The first kappa shape index (κ1) is 14.2. The van der Waals surface area contributed by atoms with Crippen molar-refractivity contribution in [3.63, 3.8) is 0 Å². The summed E-state index contributed by atoms with van der Waals surface area (Å²) >= 11 is 0. The highest BCUT2D eigenvalue weighted by Gasteiger charge is 2.28. The number of hydrogen-bond acceptors (Lipinski definition) is 3. The normalized spacial score (nSPS) is 24.1. The first-order valence-electron chi connectivity index (χ1n) is 8.68. The van der Waals surface area contributed by atoms with Gasteiger partial charge in [-0.05, 0) is 62.9 Å². The Morgan fingerprint density at radius 2 is 1.95 bits per heavy atom. The lowest BCUT2D eigenvalue weighted by Gasteiger charge is -2.35. The van der Waals surface area contributed by atoms with Crippen LogP contribution in [0.15, 0.2) is 36.5 Å². The molecule has 1 unspecified atom stereocenters. The number of benzene rings is 1. The molecule has 2 aromatic rings. The van der Waals surface area contributed by atoms with Crippen LogP contribution in [-0.2, 0) is 6.54 Å². The van der Waals surface area contributed by atoms with Gasteiger partial charge < -0.3 is 5.32 Å². The van der Waals surface area contributed by atoms with Crippen LogP contribution in [0.3, 0.4) is 0 Å². The lowest BCUT2D eigenvalue weighted by molar-refractivity contribution is 0.158. The number of para-hydroxylation sites is 1. The highest BCUT2D eigenvalue weighted by Crippen LogP contribution is 2.27. The van der Waals surface area contributed by atoms with Crippen molar-refractivity contribution in [2.24, 2.45) is 5.92 Å². The van der Waals surface area contributed by atoms with E-state index in [-0.39, 0.29) is 0 Å². The Bertz CT molecular complexity index is 620. The number of likely N-dealkylation sites (tertiary alicyclic amines) is 1. The van der Waals surface area contributed by atoms with Crippen LogP contribution in [0.5, 0.6) is 0 Å². The van der Waals surface area contributed by atoms with E-state index in [0.717, 1.165) is 18.5 Å². The molecule has 116 valence electrons. The second-order valence-corrected chi connectivity index (χ2v) is 6.81. The van der Waals surface area contributed by atoms with E-state index >= 15 is 0 Å². The van der Waals surface area contributed by atoms with E-state index in [0.29, 0.717) is 0 Å². The van der Waals surface area contributed by atoms with Gasteiger partial charge in [0.2, 0.25) is 0 Å². The highest BCUT2D eigenvalue weighted by atomic mass is 15.1. The zero-order valence-electron chi connectivity index (χ0n) is 13.2. The maximum Gasteiger partial charge on any atom is 0.0746 e. The van der Waals surface area contributed by atoms with Gasteiger partial charge in [0, 0.05) is 24.2 Å². The Morgan fingerprint density at radius 3 is 2.77 bits per heavy atom. The summed E-state index contributed by atoms with van der Waals surface area (Å²) in [4.78, 5) is 7.19. The minimum absolute atomic E-state index is 0.793. The van der Waals surface area contributed by atoms with Crippen molar-refractivity contribution >= 4 is 10.9 Å². The summed E-state index contributed by atoms with van der Waals surface area (Å²) in [5.41, 5.74) is 2.54. The highest BCUT2D eigenvalue weighted by molar-refractivity contribution is 5.81. The molecule has 0 spiro atoms. The molecule has 0 aliphatic carbocycles. The molecule has 22 heavy (non-hydrogen) atoms. The molecule has 1 aromatic heterocycles. The molecule has 2 saturated heterocycles. The molecule has 0 saturated carbocycles. The van der Waals surface area contributed by atoms with Gasteiger partial charge in [-0.25, -0.2) is 0 Å². The zero-order valence-corrected chi connectivity index (χ0v) is 13.2. The third-order valence-electron chi connectivity index (χ3n) is 5.41. The number of nitrogens with one attached hydrogen (secondary N) is 1. The molecule has 0 bridgehead atoms. The summed E-state index contributed by atoms with van der Waals surface area (Å²) in [6.07, 6.45) is 7.35. The summed E-state index contributed by atoms with van der Waals surface area (Å²) in [6, 6.07) is 11.5. The largest absolute Gasteiger partial charge is 0.314 e. The SMILES string of the molecule is c1cnc2c(CN3CCC(C4CCCN4)CC3)cccc2c1. The third kappa shape index (κ3) is 2.88. The molecule has 2 aliphatic rings. The second-order valence-electron chi connectivity index (χ2n) is 6.81. The van der Waals surface area contributed by atoms with Crippen LogP contribution in [0.4, 0.5) is 0 Å². The minimum Gasteiger partial charge on any atom is -0.314 e. The predicted octanol–water partition coefficient (Wildman–Crippen LogP) is 3.20. The van der Waals surface area contributed by atoms with Gasteiger partial charge in [0.1, 0.15) is 0 Å². The van der Waals surface area contributed by atoms with E-state index in [1.165, 1.54) is 61.8 Å². The van der Waals surface area contributed by atoms with E-state index < -0.39 is 0 Å². The molecule has 3 heterocycles. The van der Waals surface area contributed by atoms with E-state index in [9.17, 15) is 0 Å². The van der Waals surface area contributed by atoms with Crippen LogP contribution < -0.4 is 5.32 Å². The summed E-state index contributed by atoms with van der Waals surface area (Å²) < 4.78 is 0. The maximum absolute atomic E-state index is 4.59. The molecule has 0 amide bonds. The summed E-state index contributed by atoms with van der Waals surface area (Å²) in [5, 5.41) is 4.94. The number of rotatable bonds is 3. The number of pyridine rings is 1. The number of fused-ring (bicyclic) bond motifs is 1. The molecular weight excluding hydrogens is 270 g/mol. The van der Waals surface area contributed by atoms with Crippen LogP contribution >= 0.6 is 0 Å². The fourth-order valence-corrected chi connectivity index (χ4v) is 4.16. The molecule has 1 aromatic carbocycles. The van der Waals surface area contributed by atoms with E-state index in [1.807, 2.05) is 12.3 Å². The van der Waals surface area contributed by atoms with Crippen LogP contribution in [-0.4, -0.2) is 35.6 Å². The molecule has 2 fully saturated rings. The minimum atomic E-state index is 0.793. The zero-order chi connectivity index (χ0) is 14.8. The van der Waals surface area contributed by atoms with Crippen molar-refractivity contribution in [2.75, 3.05) is 19.6 Å². The van der Waals surface area contributed by atoms with Crippen molar-refractivity contribution in [3.8, 4) is 0 Å². The smallest absolute Gasteiger partial charge is 0.0746 e. The van der Waals surface area contributed by atoms with Crippen LogP contribution in [0.1, 0.15) is 31.2 Å². The maximum atomic E-state index is 4.59. The average Bonchev–Trinajstić information content (AvgIpc) is 3.10. The molecule has 2 aliphatic heterocycles. The fraction of sp³-hybridized carbons (Fsp3) is 0.526. The fourth-order valence-electron chi connectivity index (χ4n) is 4.16.